The Labute approximate surface area is 166 Å². The first-order valence-electron chi connectivity index (χ1n) is 8.88. The van der Waals surface area contributed by atoms with Gasteiger partial charge in [0.2, 0.25) is 0 Å². The van der Waals surface area contributed by atoms with Crippen LogP contribution in [0.2, 0.25) is 0 Å². The Balaban J connectivity index is 1.93. The molecule has 5 heteroatoms. The van der Waals surface area contributed by atoms with Crippen LogP contribution in [0.4, 0.5) is 0 Å². The molecule has 2 aromatic carbocycles. The summed E-state index contributed by atoms with van der Waals surface area (Å²) in [6.45, 7) is 3.86. The number of esters is 1. The summed E-state index contributed by atoms with van der Waals surface area (Å²) in [5.41, 5.74) is 4.25. The van der Waals surface area contributed by atoms with Crippen molar-refractivity contribution in [3.05, 3.63) is 81.0 Å². The van der Waals surface area contributed by atoms with Crippen molar-refractivity contribution in [2.75, 3.05) is 6.61 Å². The van der Waals surface area contributed by atoms with Gasteiger partial charge in [0.05, 0.1) is 23.8 Å². The van der Waals surface area contributed by atoms with E-state index in [0.29, 0.717) is 16.8 Å². The number of carbonyl (C=O) groups excluding carboxylic acids is 2. The summed E-state index contributed by atoms with van der Waals surface area (Å²) in [7, 11) is 0. The molecule has 136 valence electrons. The van der Waals surface area contributed by atoms with Gasteiger partial charge in [0.15, 0.2) is 5.78 Å². The molecule has 0 radical (unpaired) electrons. The molecule has 2 atom stereocenters. The molecular weight excluding hydrogens is 406 g/mol. The van der Waals surface area contributed by atoms with Crippen LogP contribution >= 0.6 is 15.9 Å². The molecule has 0 saturated heterocycles. The zero-order valence-corrected chi connectivity index (χ0v) is 16.6. The number of allylic oxidation sites excluding steroid dienone is 1. The summed E-state index contributed by atoms with van der Waals surface area (Å²) in [4.78, 5) is 30.7. The standard InChI is InChI=1S/C22H18BrNO3/c1-3-27-22(26)17-12(2)24-20-15-6-4-5-7-16(15)21(25)19(20)18(17)13-8-10-14(23)11-9-13/h4-11,18-19H,3H2,1-2H3/t18-,19+/m0/s1. The van der Waals surface area contributed by atoms with E-state index < -0.39 is 17.8 Å². The fourth-order valence-electron chi connectivity index (χ4n) is 3.96. The first-order valence-corrected chi connectivity index (χ1v) is 9.67. The van der Waals surface area contributed by atoms with Gasteiger partial charge in [-0.25, -0.2) is 4.79 Å². The van der Waals surface area contributed by atoms with Gasteiger partial charge in [-0.15, -0.1) is 0 Å². The Morgan fingerprint density at radius 2 is 1.74 bits per heavy atom. The maximum atomic E-state index is 13.2. The van der Waals surface area contributed by atoms with Crippen LogP contribution in [0.5, 0.6) is 0 Å². The largest absolute Gasteiger partial charge is 0.463 e. The van der Waals surface area contributed by atoms with Gasteiger partial charge in [0, 0.05) is 27.2 Å². The molecule has 1 aliphatic heterocycles. The second-order valence-electron chi connectivity index (χ2n) is 6.63. The van der Waals surface area contributed by atoms with Crippen molar-refractivity contribution < 1.29 is 14.3 Å². The Morgan fingerprint density at radius 3 is 2.41 bits per heavy atom. The summed E-state index contributed by atoms with van der Waals surface area (Å²) in [6.07, 6.45) is 0. The lowest BCUT2D eigenvalue weighted by Crippen LogP contribution is -2.32. The van der Waals surface area contributed by atoms with Gasteiger partial charge < -0.3 is 4.74 Å². The molecule has 0 fully saturated rings. The molecule has 0 aromatic heterocycles. The number of halogens is 1. The maximum absolute atomic E-state index is 13.2. The normalized spacial score (nSPS) is 20.9. The van der Waals surface area contributed by atoms with Crippen molar-refractivity contribution in [3.63, 3.8) is 0 Å². The zero-order chi connectivity index (χ0) is 19.1. The quantitative estimate of drug-likeness (QED) is 0.673. The molecule has 2 aromatic rings. The highest BCUT2D eigenvalue weighted by Crippen LogP contribution is 2.46. The lowest BCUT2D eigenvalue weighted by atomic mass is 9.75. The fraction of sp³-hybridized carbons (Fsp3) is 0.227. The average molecular weight is 424 g/mol. The molecular formula is C22H18BrNO3. The van der Waals surface area contributed by atoms with Crippen molar-refractivity contribution in [2.45, 2.75) is 19.8 Å². The van der Waals surface area contributed by atoms with E-state index in [1.807, 2.05) is 55.5 Å². The van der Waals surface area contributed by atoms with Crippen molar-refractivity contribution in [1.29, 1.82) is 0 Å². The number of Topliss-reactive ketones (excluding diaryl/α,β-unsaturated/α-hetero) is 1. The Kier molecular flexibility index (Phi) is 4.56. The summed E-state index contributed by atoms with van der Waals surface area (Å²) in [5, 5.41) is 0. The SMILES string of the molecule is CCOC(=O)C1=C(C)N=C2c3ccccc3C(=O)[C@@H]2[C@H]1c1ccc(Br)cc1. The van der Waals surface area contributed by atoms with Gasteiger partial charge in [-0.3, -0.25) is 9.79 Å². The highest BCUT2D eigenvalue weighted by Gasteiger charge is 2.47. The third kappa shape index (κ3) is 2.86. The molecule has 27 heavy (non-hydrogen) atoms. The van der Waals surface area contributed by atoms with E-state index in [4.69, 9.17) is 4.74 Å². The number of ether oxygens (including phenoxy) is 1. The fourth-order valence-corrected chi connectivity index (χ4v) is 4.23. The van der Waals surface area contributed by atoms with E-state index in [2.05, 4.69) is 20.9 Å². The lowest BCUT2D eigenvalue weighted by molar-refractivity contribution is -0.139. The van der Waals surface area contributed by atoms with E-state index in [0.717, 1.165) is 21.3 Å². The summed E-state index contributed by atoms with van der Waals surface area (Å²) < 4.78 is 6.24. The smallest absolute Gasteiger partial charge is 0.336 e. The van der Waals surface area contributed by atoms with Crippen LogP contribution in [-0.4, -0.2) is 24.1 Å². The molecule has 0 amide bonds. The zero-order valence-electron chi connectivity index (χ0n) is 15.0. The van der Waals surface area contributed by atoms with E-state index >= 15 is 0 Å². The second-order valence-corrected chi connectivity index (χ2v) is 7.55. The highest BCUT2D eigenvalue weighted by molar-refractivity contribution is 9.10. The van der Waals surface area contributed by atoms with Crippen LogP contribution < -0.4 is 0 Å². The number of hydrogen-bond acceptors (Lipinski definition) is 4. The predicted octanol–water partition coefficient (Wildman–Crippen LogP) is 4.69. The molecule has 0 saturated carbocycles. The molecule has 0 spiro atoms. The van der Waals surface area contributed by atoms with E-state index in [9.17, 15) is 9.59 Å². The number of ketones is 1. The molecule has 1 aliphatic carbocycles. The van der Waals surface area contributed by atoms with Gasteiger partial charge in [-0.1, -0.05) is 52.3 Å². The number of carbonyl (C=O) groups is 2. The highest BCUT2D eigenvalue weighted by atomic mass is 79.9. The number of rotatable bonds is 3. The van der Waals surface area contributed by atoms with E-state index in [1.54, 1.807) is 6.92 Å². The van der Waals surface area contributed by atoms with Crippen LogP contribution in [0.3, 0.4) is 0 Å². The van der Waals surface area contributed by atoms with Crippen molar-refractivity contribution in [1.82, 2.24) is 0 Å². The minimum Gasteiger partial charge on any atom is -0.463 e. The second kappa shape index (κ2) is 6.89. The van der Waals surface area contributed by atoms with Crippen molar-refractivity contribution in [3.8, 4) is 0 Å². The lowest BCUT2D eigenvalue weighted by Gasteiger charge is -2.30. The van der Waals surface area contributed by atoms with Crippen LogP contribution in [0.15, 0.2) is 69.3 Å². The molecule has 0 bridgehead atoms. The Morgan fingerprint density at radius 1 is 1.07 bits per heavy atom. The van der Waals surface area contributed by atoms with E-state index in [1.165, 1.54) is 0 Å². The monoisotopic (exact) mass is 423 g/mol. The van der Waals surface area contributed by atoms with Gasteiger partial charge >= 0.3 is 5.97 Å². The molecule has 2 aliphatic rings. The van der Waals surface area contributed by atoms with Crippen LogP contribution in [0, 0.1) is 5.92 Å². The third-order valence-electron chi connectivity index (χ3n) is 5.09. The summed E-state index contributed by atoms with van der Waals surface area (Å²) in [5.74, 6) is -1.32. The van der Waals surface area contributed by atoms with E-state index in [-0.39, 0.29) is 12.4 Å². The van der Waals surface area contributed by atoms with Gasteiger partial charge in [-0.05, 0) is 31.5 Å². The van der Waals surface area contributed by atoms with Crippen LogP contribution in [0.1, 0.15) is 41.3 Å². The molecule has 0 N–H and O–H groups in total. The number of benzene rings is 2. The first kappa shape index (κ1) is 17.9. The third-order valence-corrected chi connectivity index (χ3v) is 5.62. The Bertz CT molecular complexity index is 1000. The summed E-state index contributed by atoms with van der Waals surface area (Å²) >= 11 is 3.45. The van der Waals surface area contributed by atoms with Crippen molar-refractivity contribution in [2.24, 2.45) is 10.9 Å². The van der Waals surface area contributed by atoms with Gasteiger partial charge in [0.1, 0.15) is 0 Å². The maximum Gasteiger partial charge on any atom is 0.336 e. The Hall–Kier alpha value is -2.53. The average Bonchev–Trinajstić information content (AvgIpc) is 2.94. The summed E-state index contributed by atoms with van der Waals surface area (Å²) in [6, 6.07) is 15.3. The first-order chi connectivity index (χ1) is 13.0. The minimum atomic E-state index is -0.508. The van der Waals surface area contributed by atoms with Crippen LogP contribution in [-0.2, 0) is 9.53 Å². The molecule has 0 unspecified atom stereocenters. The number of fused-ring (bicyclic) bond motifs is 3. The number of nitrogens with zero attached hydrogens (tertiary/aromatic N) is 1. The number of aliphatic imine (C=N–C) groups is 1. The van der Waals surface area contributed by atoms with Crippen LogP contribution in [0.25, 0.3) is 0 Å². The topological polar surface area (TPSA) is 55.7 Å². The molecule has 1 heterocycles. The molecule has 4 rings (SSSR count). The predicted molar refractivity (Wildman–Crippen MR) is 107 cm³/mol. The minimum absolute atomic E-state index is 0.00608. The van der Waals surface area contributed by atoms with Gasteiger partial charge in [0.25, 0.3) is 0 Å². The van der Waals surface area contributed by atoms with Gasteiger partial charge in [-0.2, -0.15) is 0 Å². The van der Waals surface area contributed by atoms with Crippen molar-refractivity contribution >= 4 is 33.4 Å². The molecule has 4 nitrogen and oxygen atoms in total. The number of hydrogen-bond donors (Lipinski definition) is 0.